The van der Waals surface area contributed by atoms with E-state index in [9.17, 15) is 24.6 Å². The van der Waals surface area contributed by atoms with Crippen LogP contribution in [0.5, 0.6) is 0 Å². The Hall–Kier alpha value is -4.48. The zero-order valence-corrected chi connectivity index (χ0v) is 40.5. The Morgan fingerprint density at radius 2 is 1.51 bits per heavy atom. The summed E-state index contributed by atoms with van der Waals surface area (Å²) in [5.74, 6) is -8.36. The fourth-order valence-corrected chi connectivity index (χ4v) is 14.0. The number of hydrogen-bond acceptors (Lipinski definition) is 14. The number of carbonyl (C=O) groups is 6. The first kappa shape index (κ1) is 49.9. The summed E-state index contributed by atoms with van der Waals surface area (Å²) in [6, 6.07) is 17.5. The highest BCUT2D eigenvalue weighted by Gasteiger charge is 2.79. The molecule has 0 spiro atoms. The van der Waals surface area contributed by atoms with Crippen LogP contribution in [0.1, 0.15) is 111 Å². The first-order chi connectivity index (χ1) is 30.4. The lowest BCUT2D eigenvalue weighted by Crippen LogP contribution is -2.82. The van der Waals surface area contributed by atoms with Gasteiger partial charge in [-0.2, -0.15) is 0 Å². The molecule has 1 heterocycles. The normalized spacial score (nSPS) is 32.7. The molecular weight excluding hydrogens is 855 g/mol. The summed E-state index contributed by atoms with van der Waals surface area (Å²) in [6.45, 7) is 18.2. The van der Waals surface area contributed by atoms with Crippen LogP contribution < -0.4 is 5.32 Å². The third-order valence-corrected chi connectivity index (χ3v) is 19.8. The van der Waals surface area contributed by atoms with Crippen LogP contribution >= 0.6 is 0 Å². The number of esters is 3. The van der Waals surface area contributed by atoms with Crippen molar-refractivity contribution >= 4 is 43.9 Å². The number of fused-ring (bicyclic) bond motifs is 5. The van der Waals surface area contributed by atoms with E-state index >= 15 is 14.4 Å². The average molecular weight is 922 g/mol. The van der Waals surface area contributed by atoms with Gasteiger partial charge in [-0.15, -0.1) is 0 Å². The number of aliphatic hydroxyl groups is 2. The Bertz CT molecular complexity index is 2110. The second-order valence-electron chi connectivity index (χ2n) is 20.2. The summed E-state index contributed by atoms with van der Waals surface area (Å²) in [4.78, 5) is 86.5. The number of amides is 1. The molecule has 6 rings (SSSR count). The molecule has 0 radical (unpaired) electrons. The summed E-state index contributed by atoms with van der Waals surface area (Å²) < 4.78 is 37.6. The number of ketones is 2. The van der Waals surface area contributed by atoms with Crippen LogP contribution in [0.15, 0.2) is 60.7 Å². The molecule has 2 aromatic rings. The van der Waals surface area contributed by atoms with Crippen LogP contribution in [0.4, 0.5) is 4.79 Å². The van der Waals surface area contributed by atoms with Gasteiger partial charge in [0, 0.05) is 37.0 Å². The van der Waals surface area contributed by atoms with Crippen LogP contribution in [-0.2, 0) is 47.3 Å². The topological polar surface area (TPSA) is 210 Å². The van der Waals surface area contributed by atoms with Crippen LogP contribution in [0.3, 0.4) is 0 Å². The van der Waals surface area contributed by atoms with Gasteiger partial charge in [-0.05, 0) is 63.5 Å². The van der Waals surface area contributed by atoms with Gasteiger partial charge in [0.05, 0.1) is 35.6 Å². The molecule has 4 fully saturated rings. The van der Waals surface area contributed by atoms with E-state index in [1.165, 1.54) is 26.0 Å². The molecule has 15 nitrogen and oxygen atoms in total. The summed E-state index contributed by atoms with van der Waals surface area (Å²) in [6.07, 6.45) is -8.57. The monoisotopic (exact) mass is 921 g/mol. The minimum Gasteiger partial charge on any atom is -0.460 e. The van der Waals surface area contributed by atoms with Crippen molar-refractivity contribution in [1.29, 1.82) is 0 Å². The predicted molar refractivity (Wildman–Crippen MR) is 239 cm³/mol. The van der Waals surface area contributed by atoms with Crippen molar-refractivity contribution in [3.05, 3.63) is 71.8 Å². The van der Waals surface area contributed by atoms with Gasteiger partial charge in [-0.1, -0.05) is 90.1 Å². The smallest absolute Gasteiger partial charge is 0.408 e. The van der Waals surface area contributed by atoms with E-state index in [-0.39, 0.29) is 18.6 Å². The number of Topliss-reactive ketones (excluding diaryl/α,β-unsaturated/α-hetero) is 2. The number of aliphatic hydroxyl groups excluding tert-OH is 1. The maximum Gasteiger partial charge on any atom is 0.408 e. The van der Waals surface area contributed by atoms with Crippen molar-refractivity contribution in [2.45, 2.75) is 160 Å². The molecule has 2 bridgehead atoms. The van der Waals surface area contributed by atoms with Gasteiger partial charge in [0.25, 0.3) is 0 Å². The fourth-order valence-electron chi connectivity index (χ4n) is 11.2. The SMILES string of the molecule is CC[Si](CC)(CC)O[C@@H](C(=O)O[C@H]1C[C@@]2(O)[C@@H](OC(=O)c3ccccc3)C3[C@](C)(C(=O)C(=O)C(C1C)C2(C)C)[C@@H](O)C[C@H]1OC[C@@]31OC(C)=O)[C@@H](NC(=O)OC(C)(C)C)c1ccccc1. The number of benzene rings is 2. The number of carbonyl (C=O) groups excluding carboxylic acids is 6. The van der Waals surface area contributed by atoms with Crippen molar-refractivity contribution in [1.82, 2.24) is 5.32 Å². The van der Waals surface area contributed by atoms with E-state index in [2.05, 4.69) is 5.32 Å². The number of nitrogens with one attached hydrogen (secondary N) is 1. The molecule has 1 saturated heterocycles. The summed E-state index contributed by atoms with van der Waals surface area (Å²) in [5.41, 5.74) is -8.00. The van der Waals surface area contributed by atoms with Crippen molar-refractivity contribution < 1.29 is 67.1 Å². The minimum atomic E-state index is -2.72. The quantitative estimate of drug-likeness (QED) is 0.0856. The molecule has 0 aromatic heterocycles. The van der Waals surface area contributed by atoms with Gasteiger partial charge in [0.15, 0.2) is 20.0 Å². The highest BCUT2D eigenvalue weighted by Crippen LogP contribution is 2.64. The second-order valence-corrected chi connectivity index (χ2v) is 24.9. The molecule has 3 saturated carbocycles. The average Bonchev–Trinajstić information content (AvgIpc) is 3.24. The van der Waals surface area contributed by atoms with Gasteiger partial charge < -0.3 is 43.6 Å². The van der Waals surface area contributed by atoms with Crippen LogP contribution in [-0.4, -0.2) is 108 Å². The summed E-state index contributed by atoms with van der Waals surface area (Å²) in [5, 5.41) is 28.6. The molecule has 1 amide bonds. The van der Waals surface area contributed by atoms with Gasteiger partial charge in [-0.25, -0.2) is 14.4 Å². The third-order valence-electron chi connectivity index (χ3n) is 15.2. The van der Waals surface area contributed by atoms with E-state index in [4.69, 9.17) is 28.1 Å². The lowest BCUT2D eigenvalue weighted by atomic mass is 9.42. The minimum absolute atomic E-state index is 0.0999. The largest absolute Gasteiger partial charge is 0.460 e. The molecule has 3 aliphatic carbocycles. The maximum absolute atomic E-state index is 15.2. The van der Waals surface area contributed by atoms with Crippen LogP contribution in [0.25, 0.3) is 0 Å². The number of hydrogen-bond donors (Lipinski definition) is 3. The lowest BCUT2D eigenvalue weighted by Gasteiger charge is -2.67. The van der Waals surface area contributed by atoms with E-state index in [1.807, 2.05) is 20.8 Å². The predicted octanol–water partition coefficient (Wildman–Crippen LogP) is 6.43. The molecular formula is C49H67NO14Si. The van der Waals surface area contributed by atoms with Crippen molar-refractivity contribution in [2.24, 2.45) is 28.6 Å². The lowest BCUT2D eigenvalue weighted by molar-refractivity contribution is -0.350. The van der Waals surface area contributed by atoms with E-state index in [0.717, 1.165) is 0 Å². The molecule has 65 heavy (non-hydrogen) atoms. The van der Waals surface area contributed by atoms with Crippen LogP contribution in [0.2, 0.25) is 18.1 Å². The standard InChI is InChI=1S/C49H67NO14Si/c1-12-65(13-2,14-3)64-38(36(30-21-17-15-18-22-30)50-44(57)63-45(6,7)8)43(56)60-32-26-49(58)41(61-42(55)31-23-19-16-20-24-31)39-47(11,40(54)37(53)35(28(32)4)46(49,9)10)33(52)25-34-48(39,27-59-34)62-29(5)51/h15-24,28,32-36,38-39,41,52,58H,12-14,25-27H2,1-11H3,(H,50,57)/t28?,32-,33-,34+,35?,36-,38+,39?,41-,47+,48-,49+/m0/s1. The van der Waals surface area contributed by atoms with Gasteiger partial charge in [0.1, 0.15) is 29.5 Å². The fraction of sp³-hybridized carbons (Fsp3) is 0.633. The highest BCUT2D eigenvalue weighted by atomic mass is 28.4. The maximum atomic E-state index is 15.2. The Morgan fingerprint density at radius 3 is 2.03 bits per heavy atom. The highest BCUT2D eigenvalue weighted by molar-refractivity contribution is 6.73. The van der Waals surface area contributed by atoms with Gasteiger partial charge in [0.2, 0.25) is 11.6 Å². The second kappa shape index (κ2) is 18.3. The van der Waals surface area contributed by atoms with Gasteiger partial charge in [-0.3, -0.25) is 14.4 Å². The summed E-state index contributed by atoms with van der Waals surface area (Å²) >= 11 is 0. The molecule has 1 aliphatic heterocycles. The Balaban J connectivity index is 1.53. The number of rotatable bonds is 13. The first-order valence-corrected chi connectivity index (χ1v) is 25.4. The zero-order valence-electron chi connectivity index (χ0n) is 39.5. The van der Waals surface area contributed by atoms with Crippen molar-refractivity contribution in [3.8, 4) is 0 Å². The molecule has 4 aliphatic rings. The molecule has 3 N–H and O–H groups in total. The van der Waals surface area contributed by atoms with Gasteiger partial charge >= 0.3 is 24.0 Å². The van der Waals surface area contributed by atoms with E-state index in [1.54, 1.807) is 90.1 Å². The van der Waals surface area contributed by atoms with Crippen molar-refractivity contribution in [2.75, 3.05) is 6.61 Å². The Morgan fingerprint density at radius 1 is 0.923 bits per heavy atom. The van der Waals surface area contributed by atoms with Crippen molar-refractivity contribution in [3.63, 3.8) is 0 Å². The van der Waals surface area contributed by atoms with E-state index in [0.29, 0.717) is 23.7 Å². The first-order valence-electron chi connectivity index (χ1n) is 22.8. The molecule has 356 valence electrons. The van der Waals surface area contributed by atoms with E-state index < -0.39 is 132 Å². The van der Waals surface area contributed by atoms with Crippen LogP contribution in [0, 0.1) is 28.6 Å². The molecule has 3 unspecified atom stereocenters. The Kier molecular flexibility index (Phi) is 14.1. The molecule has 16 heteroatoms. The molecule has 2 aromatic carbocycles. The number of alkyl carbamates (subject to hydrolysis) is 1. The Labute approximate surface area is 382 Å². The zero-order chi connectivity index (χ0) is 48.1. The third kappa shape index (κ3) is 8.81. The number of ether oxygens (including phenoxy) is 5. The molecule has 12 atom stereocenters. The summed E-state index contributed by atoms with van der Waals surface area (Å²) in [7, 11) is -2.72.